The van der Waals surface area contributed by atoms with Crippen molar-refractivity contribution in [1.29, 1.82) is 0 Å². The second-order valence-corrected chi connectivity index (χ2v) is 8.78. The monoisotopic (exact) mass is 398 g/mol. The third-order valence-electron chi connectivity index (χ3n) is 6.61. The molecule has 0 unspecified atom stereocenters. The summed E-state index contributed by atoms with van der Waals surface area (Å²) < 4.78 is 15.5. The molecule has 2 aliphatic carbocycles. The van der Waals surface area contributed by atoms with Crippen LogP contribution in [0, 0.1) is 11.7 Å². The second-order valence-electron chi connectivity index (χ2n) is 8.38. The van der Waals surface area contributed by atoms with Gasteiger partial charge >= 0.3 is 0 Å². The predicted octanol–water partition coefficient (Wildman–Crippen LogP) is 6.01. The SMILES string of the molecule is O[C@@H](c1c(C2CC2)ccn2cncc12)[C@H]1CC[C@H](c2ccc(F)c(Cl)c2)CC1. The molecule has 0 bridgehead atoms. The Labute approximate surface area is 169 Å². The van der Waals surface area contributed by atoms with Gasteiger partial charge in [0.15, 0.2) is 0 Å². The van der Waals surface area contributed by atoms with Crippen molar-refractivity contribution in [2.75, 3.05) is 0 Å². The van der Waals surface area contributed by atoms with Gasteiger partial charge in [-0.1, -0.05) is 17.7 Å². The normalized spacial score (nSPS) is 23.8. The van der Waals surface area contributed by atoms with E-state index in [2.05, 4.69) is 17.2 Å². The van der Waals surface area contributed by atoms with Gasteiger partial charge in [0.05, 0.1) is 29.2 Å². The number of hydrogen-bond donors (Lipinski definition) is 1. The van der Waals surface area contributed by atoms with Crippen LogP contribution in [0.15, 0.2) is 43.0 Å². The number of rotatable bonds is 4. The first-order valence-electron chi connectivity index (χ1n) is 10.2. The zero-order valence-electron chi connectivity index (χ0n) is 15.7. The summed E-state index contributed by atoms with van der Waals surface area (Å²) in [6.07, 6.45) is 11.6. The van der Waals surface area contributed by atoms with Gasteiger partial charge < -0.3 is 9.51 Å². The van der Waals surface area contributed by atoms with Gasteiger partial charge in [-0.3, -0.25) is 0 Å². The highest BCUT2D eigenvalue weighted by Gasteiger charge is 2.34. The molecule has 28 heavy (non-hydrogen) atoms. The van der Waals surface area contributed by atoms with Crippen LogP contribution >= 0.6 is 11.6 Å². The minimum absolute atomic E-state index is 0.196. The van der Waals surface area contributed by atoms with Gasteiger partial charge in [0.25, 0.3) is 0 Å². The lowest BCUT2D eigenvalue weighted by Gasteiger charge is -2.33. The Hall–Kier alpha value is -1.91. The van der Waals surface area contributed by atoms with Crippen molar-refractivity contribution in [1.82, 2.24) is 9.38 Å². The highest BCUT2D eigenvalue weighted by molar-refractivity contribution is 6.30. The Balaban J connectivity index is 1.37. The van der Waals surface area contributed by atoms with Gasteiger partial charge in [-0.05, 0) is 85.6 Å². The highest BCUT2D eigenvalue weighted by atomic mass is 35.5. The molecule has 146 valence electrons. The molecule has 5 heteroatoms. The van der Waals surface area contributed by atoms with E-state index in [-0.39, 0.29) is 16.8 Å². The number of hydrogen-bond acceptors (Lipinski definition) is 2. The highest BCUT2D eigenvalue weighted by Crippen LogP contribution is 2.48. The average Bonchev–Trinajstić information content (AvgIpc) is 3.45. The number of nitrogens with zero attached hydrogens (tertiary/aromatic N) is 2. The van der Waals surface area contributed by atoms with E-state index < -0.39 is 6.10 Å². The number of pyridine rings is 1. The van der Waals surface area contributed by atoms with Gasteiger partial charge in [0.2, 0.25) is 0 Å². The van der Waals surface area contributed by atoms with E-state index >= 15 is 0 Å². The Morgan fingerprint density at radius 3 is 2.54 bits per heavy atom. The van der Waals surface area contributed by atoms with Gasteiger partial charge in [0, 0.05) is 11.8 Å². The minimum atomic E-state index is -0.464. The van der Waals surface area contributed by atoms with E-state index in [1.54, 1.807) is 12.4 Å². The van der Waals surface area contributed by atoms with Crippen LogP contribution in [0.2, 0.25) is 5.02 Å². The summed E-state index contributed by atoms with van der Waals surface area (Å²) in [4.78, 5) is 4.29. The largest absolute Gasteiger partial charge is 0.388 e. The Bertz CT molecular complexity index is 1010. The maximum atomic E-state index is 13.5. The van der Waals surface area contributed by atoms with Crippen molar-refractivity contribution in [3.63, 3.8) is 0 Å². The van der Waals surface area contributed by atoms with Crippen LogP contribution in [-0.4, -0.2) is 14.5 Å². The Morgan fingerprint density at radius 2 is 1.82 bits per heavy atom. The number of aromatic nitrogens is 2. The molecule has 0 amide bonds. The summed E-state index contributed by atoms with van der Waals surface area (Å²) in [6.45, 7) is 0. The maximum Gasteiger partial charge on any atom is 0.141 e. The zero-order chi connectivity index (χ0) is 19.3. The molecule has 0 saturated heterocycles. The van der Waals surface area contributed by atoms with Crippen molar-refractivity contribution < 1.29 is 9.50 Å². The number of imidazole rings is 1. The summed E-state index contributed by atoms with van der Waals surface area (Å²) >= 11 is 5.97. The van der Waals surface area contributed by atoms with Crippen LogP contribution in [-0.2, 0) is 0 Å². The van der Waals surface area contributed by atoms with Crippen molar-refractivity contribution in [3.8, 4) is 0 Å². The quantitative estimate of drug-likeness (QED) is 0.584. The Morgan fingerprint density at radius 1 is 1.07 bits per heavy atom. The first-order valence-corrected chi connectivity index (χ1v) is 10.6. The van der Waals surface area contributed by atoms with Gasteiger partial charge in [-0.2, -0.15) is 0 Å². The van der Waals surface area contributed by atoms with E-state index in [9.17, 15) is 9.50 Å². The molecular weight excluding hydrogens is 375 g/mol. The van der Waals surface area contributed by atoms with Crippen LogP contribution in [0.25, 0.3) is 5.52 Å². The van der Waals surface area contributed by atoms with Crippen LogP contribution in [0.1, 0.15) is 73.2 Å². The topological polar surface area (TPSA) is 37.5 Å². The maximum absolute atomic E-state index is 13.5. The molecule has 2 aliphatic rings. The van der Waals surface area contributed by atoms with E-state index in [4.69, 9.17) is 11.6 Å². The average molecular weight is 399 g/mol. The van der Waals surface area contributed by atoms with Crippen LogP contribution in [0.5, 0.6) is 0 Å². The van der Waals surface area contributed by atoms with Crippen LogP contribution in [0.4, 0.5) is 4.39 Å². The van der Waals surface area contributed by atoms with Gasteiger partial charge in [0.1, 0.15) is 5.82 Å². The fourth-order valence-electron chi connectivity index (χ4n) is 4.87. The fraction of sp³-hybridized carbons (Fsp3) is 0.435. The number of aliphatic hydroxyl groups excluding tert-OH is 1. The van der Waals surface area contributed by atoms with Gasteiger partial charge in [-0.25, -0.2) is 9.37 Å². The summed E-state index contributed by atoms with van der Waals surface area (Å²) in [6, 6.07) is 7.23. The summed E-state index contributed by atoms with van der Waals surface area (Å²) in [5.41, 5.74) is 4.52. The standard InChI is InChI=1S/C23H24ClFN2O/c24-19-11-17(7-8-20(19)25)14-1-5-16(6-2-14)23(28)22-18(15-3-4-15)9-10-27-13-26-12-21(22)27/h7-16,23,28H,1-6H2/t14-,16-,23-/m1/s1. The smallest absolute Gasteiger partial charge is 0.141 e. The first kappa shape index (κ1) is 18.1. The molecule has 5 rings (SSSR count). The third kappa shape index (κ3) is 3.23. The molecule has 1 N–H and O–H groups in total. The number of aliphatic hydroxyl groups is 1. The predicted molar refractivity (Wildman–Crippen MR) is 108 cm³/mol. The third-order valence-corrected chi connectivity index (χ3v) is 6.90. The van der Waals surface area contributed by atoms with Crippen molar-refractivity contribution in [2.45, 2.75) is 56.5 Å². The van der Waals surface area contributed by atoms with Crippen molar-refractivity contribution in [3.05, 3.63) is 70.5 Å². The summed E-state index contributed by atoms with van der Waals surface area (Å²) in [7, 11) is 0. The molecule has 2 saturated carbocycles. The van der Waals surface area contributed by atoms with E-state index in [0.29, 0.717) is 11.8 Å². The van der Waals surface area contributed by atoms with Crippen LogP contribution in [0.3, 0.4) is 0 Å². The summed E-state index contributed by atoms with van der Waals surface area (Å²) in [5.74, 6) is 0.847. The van der Waals surface area contributed by atoms with Gasteiger partial charge in [-0.15, -0.1) is 0 Å². The van der Waals surface area contributed by atoms with Crippen LogP contribution < -0.4 is 0 Å². The molecule has 2 aromatic heterocycles. The molecule has 1 aromatic carbocycles. The molecular formula is C23H24ClFN2O. The minimum Gasteiger partial charge on any atom is -0.388 e. The molecule has 3 nitrogen and oxygen atoms in total. The lowest BCUT2D eigenvalue weighted by Crippen LogP contribution is -2.21. The van der Waals surface area contributed by atoms with E-state index in [1.165, 1.54) is 24.5 Å². The molecule has 2 heterocycles. The van der Waals surface area contributed by atoms with Crippen molar-refractivity contribution >= 4 is 17.1 Å². The van der Waals surface area contributed by atoms with E-state index in [1.807, 2.05) is 16.7 Å². The lowest BCUT2D eigenvalue weighted by atomic mass is 9.75. The number of halogens is 2. The molecule has 0 radical (unpaired) electrons. The first-order chi connectivity index (χ1) is 13.6. The zero-order valence-corrected chi connectivity index (χ0v) is 16.4. The Kier molecular flexibility index (Phi) is 4.64. The second kappa shape index (κ2) is 7.16. The molecule has 0 aliphatic heterocycles. The number of fused-ring (bicyclic) bond motifs is 1. The molecule has 1 atom stereocenters. The van der Waals surface area contributed by atoms with Crippen molar-refractivity contribution in [2.24, 2.45) is 5.92 Å². The summed E-state index contributed by atoms with van der Waals surface area (Å²) in [5, 5.41) is 11.5. The molecule has 2 fully saturated rings. The molecule has 3 aromatic rings. The molecule has 0 spiro atoms. The van der Waals surface area contributed by atoms with E-state index in [0.717, 1.165) is 42.3 Å². The number of benzene rings is 1. The lowest BCUT2D eigenvalue weighted by molar-refractivity contribution is 0.0810. The fourth-order valence-corrected chi connectivity index (χ4v) is 5.06.